The molecular formula is C19H24N2O3S. The predicted octanol–water partition coefficient (Wildman–Crippen LogP) is 3.71. The summed E-state index contributed by atoms with van der Waals surface area (Å²) >= 11 is 0. The Morgan fingerprint density at radius 1 is 1.04 bits per heavy atom. The molecule has 0 atom stereocenters. The molecule has 0 bridgehead atoms. The topological polar surface area (TPSA) is 75.3 Å². The van der Waals surface area contributed by atoms with E-state index in [-0.39, 0.29) is 16.8 Å². The summed E-state index contributed by atoms with van der Waals surface area (Å²) in [4.78, 5) is 12.4. The van der Waals surface area contributed by atoms with Crippen LogP contribution >= 0.6 is 0 Å². The summed E-state index contributed by atoms with van der Waals surface area (Å²) in [6.45, 7) is 5.89. The van der Waals surface area contributed by atoms with Crippen molar-refractivity contribution in [3.8, 4) is 0 Å². The molecule has 0 aromatic heterocycles. The minimum Gasteiger partial charge on any atom is -0.349 e. The van der Waals surface area contributed by atoms with E-state index in [1.807, 2.05) is 26.8 Å². The third-order valence-electron chi connectivity index (χ3n) is 4.00. The molecule has 0 fully saturated rings. The molecule has 134 valence electrons. The molecule has 0 saturated carbocycles. The van der Waals surface area contributed by atoms with Gasteiger partial charge in [-0.1, -0.05) is 32.0 Å². The van der Waals surface area contributed by atoms with Crippen molar-refractivity contribution in [2.24, 2.45) is 0 Å². The summed E-state index contributed by atoms with van der Waals surface area (Å²) in [7, 11) is -3.76. The molecule has 0 aliphatic rings. The molecule has 0 spiro atoms. The van der Waals surface area contributed by atoms with Crippen LogP contribution in [-0.2, 0) is 10.0 Å². The van der Waals surface area contributed by atoms with Crippen molar-refractivity contribution in [3.63, 3.8) is 0 Å². The molecule has 5 nitrogen and oxygen atoms in total. The van der Waals surface area contributed by atoms with Crippen LogP contribution in [0.1, 0.15) is 42.6 Å². The van der Waals surface area contributed by atoms with Gasteiger partial charge in [0, 0.05) is 17.3 Å². The Kier molecular flexibility index (Phi) is 6.20. The zero-order valence-electron chi connectivity index (χ0n) is 14.7. The minimum atomic E-state index is -3.76. The Labute approximate surface area is 149 Å². The van der Waals surface area contributed by atoms with E-state index in [0.29, 0.717) is 11.3 Å². The fourth-order valence-corrected chi connectivity index (χ4v) is 3.58. The van der Waals surface area contributed by atoms with Gasteiger partial charge in [-0.15, -0.1) is 0 Å². The van der Waals surface area contributed by atoms with Crippen molar-refractivity contribution in [1.29, 1.82) is 0 Å². The maximum absolute atomic E-state index is 12.6. The number of hydrogen-bond acceptors (Lipinski definition) is 3. The van der Waals surface area contributed by atoms with E-state index < -0.39 is 10.0 Å². The number of anilines is 1. The second kappa shape index (κ2) is 8.16. The van der Waals surface area contributed by atoms with Gasteiger partial charge in [-0.05, 0) is 55.7 Å². The number of carbonyl (C=O) groups excluding carboxylic acids is 1. The van der Waals surface area contributed by atoms with Crippen molar-refractivity contribution in [1.82, 2.24) is 5.32 Å². The van der Waals surface area contributed by atoms with E-state index in [4.69, 9.17) is 0 Å². The highest BCUT2D eigenvalue weighted by Crippen LogP contribution is 2.18. The molecular weight excluding hydrogens is 336 g/mol. The first-order chi connectivity index (χ1) is 11.9. The first-order valence-corrected chi connectivity index (χ1v) is 9.84. The number of rotatable bonds is 7. The number of amides is 1. The van der Waals surface area contributed by atoms with Crippen LogP contribution in [0.25, 0.3) is 0 Å². The molecule has 0 aliphatic heterocycles. The fourth-order valence-electron chi connectivity index (χ4n) is 2.49. The van der Waals surface area contributed by atoms with Crippen molar-refractivity contribution in [2.45, 2.75) is 44.6 Å². The van der Waals surface area contributed by atoms with E-state index >= 15 is 0 Å². The molecule has 0 heterocycles. The lowest BCUT2D eigenvalue weighted by atomic mass is 10.1. The fraction of sp³-hybridized carbons (Fsp3) is 0.316. The largest absolute Gasteiger partial charge is 0.349 e. The van der Waals surface area contributed by atoms with Crippen LogP contribution in [0, 0.1) is 6.92 Å². The van der Waals surface area contributed by atoms with Crippen molar-refractivity contribution >= 4 is 21.6 Å². The van der Waals surface area contributed by atoms with Gasteiger partial charge in [0.2, 0.25) is 0 Å². The molecule has 6 heteroatoms. The predicted molar refractivity (Wildman–Crippen MR) is 100 cm³/mol. The SMILES string of the molecule is CCC(CC)NC(=O)c1cccc(S(=O)(=O)Nc2cccc(C)c2)c1. The van der Waals surface area contributed by atoms with E-state index in [9.17, 15) is 13.2 Å². The zero-order valence-corrected chi connectivity index (χ0v) is 15.6. The lowest BCUT2D eigenvalue weighted by molar-refractivity contribution is 0.0934. The van der Waals surface area contributed by atoms with Crippen LogP contribution in [-0.4, -0.2) is 20.4 Å². The molecule has 2 aromatic rings. The van der Waals surface area contributed by atoms with E-state index in [0.717, 1.165) is 18.4 Å². The minimum absolute atomic E-state index is 0.0613. The van der Waals surface area contributed by atoms with Crippen LogP contribution in [0.5, 0.6) is 0 Å². The van der Waals surface area contributed by atoms with Crippen molar-refractivity contribution < 1.29 is 13.2 Å². The average Bonchev–Trinajstić information content (AvgIpc) is 2.59. The Hall–Kier alpha value is -2.34. The quantitative estimate of drug-likeness (QED) is 0.790. The first-order valence-electron chi connectivity index (χ1n) is 8.36. The molecule has 0 radical (unpaired) electrons. The van der Waals surface area contributed by atoms with Gasteiger partial charge in [-0.2, -0.15) is 0 Å². The third kappa shape index (κ3) is 5.06. The molecule has 2 N–H and O–H groups in total. The maximum atomic E-state index is 12.6. The first kappa shape index (κ1) is 19.0. The highest BCUT2D eigenvalue weighted by Gasteiger charge is 2.17. The smallest absolute Gasteiger partial charge is 0.261 e. The molecule has 0 saturated heterocycles. The molecule has 2 rings (SSSR count). The Morgan fingerprint density at radius 2 is 1.72 bits per heavy atom. The van der Waals surface area contributed by atoms with E-state index in [1.54, 1.807) is 30.3 Å². The van der Waals surface area contributed by atoms with Gasteiger partial charge in [0.15, 0.2) is 0 Å². The Bertz CT molecular complexity index is 843. The van der Waals surface area contributed by atoms with Crippen LogP contribution in [0.15, 0.2) is 53.4 Å². The number of carbonyl (C=O) groups is 1. The Balaban J connectivity index is 2.23. The van der Waals surface area contributed by atoms with Gasteiger partial charge in [0.05, 0.1) is 4.90 Å². The molecule has 25 heavy (non-hydrogen) atoms. The van der Waals surface area contributed by atoms with Gasteiger partial charge in [-0.25, -0.2) is 8.42 Å². The molecule has 2 aromatic carbocycles. The molecule has 0 unspecified atom stereocenters. The monoisotopic (exact) mass is 360 g/mol. The lowest BCUT2D eigenvalue weighted by Gasteiger charge is -2.15. The van der Waals surface area contributed by atoms with Gasteiger partial charge in [-0.3, -0.25) is 9.52 Å². The van der Waals surface area contributed by atoms with Gasteiger partial charge >= 0.3 is 0 Å². The second-order valence-corrected chi connectivity index (χ2v) is 7.67. The second-order valence-electron chi connectivity index (χ2n) is 5.99. The average molecular weight is 360 g/mol. The number of benzene rings is 2. The highest BCUT2D eigenvalue weighted by atomic mass is 32.2. The maximum Gasteiger partial charge on any atom is 0.261 e. The highest BCUT2D eigenvalue weighted by molar-refractivity contribution is 7.92. The molecule has 0 aliphatic carbocycles. The van der Waals surface area contributed by atoms with Crippen LogP contribution in [0.4, 0.5) is 5.69 Å². The summed E-state index contributed by atoms with van der Waals surface area (Å²) in [6, 6.07) is 13.3. The van der Waals surface area contributed by atoms with E-state index in [2.05, 4.69) is 10.0 Å². The number of sulfonamides is 1. The van der Waals surface area contributed by atoms with Crippen LogP contribution < -0.4 is 10.0 Å². The van der Waals surface area contributed by atoms with Crippen LogP contribution in [0.2, 0.25) is 0 Å². The van der Waals surface area contributed by atoms with Crippen molar-refractivity contribution in [3.05, 3.63) is 59.7 Å². The Morgan fingerprint density at radius 3 is 2.36 bits per heavy atom. The summed E-state index contributed by atoms with van der Waals surface area (Å²) in [5, 5.41) is 2.91. The van der Waals surface area contributed by atoms with Gasteiger partial charge in [0.25, 0.3) is 15.9 Å². The number of nitrogens with one attached hydrogen (secondary N) is 2. The normalized spacial score (nSPS) is 11.4. The lowest BCUT2D eigenvalue weighted by Crippen LogP contribution is -2.33. The van der Waals surface area contributed by atoms with Gasteiger partial charge in [0.1, 0.15) is 0 Å². The molecule has 1 amide bonds. The van der Waals surface area contributed by atoms with Gasteiger partial charge < -0.3 is 5.32 Å². The standard InChI is InChI=1S/C19H24N2O3S/c1-4-16(5-2)20-19(22)15-9-7-11-18(13-15)25(23,24)21-17-10-6-8-14(3)12-17/h6-13,16,21H,4-5H2,1-3H3,(H,20,22). The summed E-state index contributed by atoms with van der Waals surface area (Å²) in [5.41, 5.74) is 1.78. The zero-order chi connectivity index (χ0) is 18.4. The van der Waals surface area contributed by atoms with Crippen molar-refractivity contribution in [2.75, 3.05) is 4.72 Å². The summed E-state index contributed by atoms with van der Waals surface area (Å²) < 4.78 is 27.7. The third-order valence-corrected chi connectivity index (χ3v) is 5.38. The van der Waals surface area contributed by atoms with Crippen LogP contribution in [0.3, 0.4) is 0 Å². The number of aryl methyl sites for hydroxylation is 1. The summed E-state index contributed by atoms with van der Waals surface area (Å²) in [6.07, 6.45) is 1.66. The van der Waals surface area contributed by atoms with E-state index in [1.165, 1.54) is 12.1 Å². The number of hydrogen-bond donors (Lipinski definition) is 2. The summed E-state index contributed by atoms with van der Waals surface area (Å²) in [5.74, 6) is -0.263.